The smallest absolute Gasteiger partial charge is 0.410 e. The number of rotatable bonds is 6. The summed E-state index contributed by atoms with van der Waals surface area (Å²) in [4.78, 5) is 9.15. The number of alkyl halides is 5. The van der Waals surface area contributed by atoms with Gasteiger partial charge in [-0.05, 0) is 72.0 Å². The summed E-state index contributed by atoms with van der Waals surface area (Å²) in [5, 5.41) is 11.8. The molecule has 2 aromatic rings. The fraction of sp³-hybridized carbons (Fsp3) is 0.636. The van der Waals surface area contributed by atoms with Crippen LogP contribution in [-0.2, 0) is 17.0 Å². The Labute approximate surface area is 253 Å². The third-order valence-corrected chi connectivity index (χ3v) is 13.8. The number of allylic oxidation sites excluding steroid dienone is 2. The standard InChI is InChI=1S/C33H45F5N2O2Si/c1-19(2)28-27(29(41)22-11-10-21(18-39-22)33(36,37)38)25(20-12-14-32(34,35)15-13-20)26-23(40-28)16-31(6,7)17-24(26)42-43(8,9)30(3,4)5/h10-12,18-19,24,29,41H,13-17H2,1-9H3/t24-,29+/m0/s1. The van der Waals surface area contributed by atoms with Crippen LogP contribution in [0.1, 0.15) is 132 Å². The van der Waals surface area contributed by atoms with Gasteiger partial charge in [-0.15, -0.1) is 0 Å². The largest absolute Gasteiger partial charge is 0.417 e. The van der Waals surface area contributed by atoms with Crippen LogP contribution in [-0.4, -0.2) is 29.3 Å². The molecule has 2 aromatic heterocycles. The lowest BCUT2D eigenvalue weighted by molar-refractivity contribution is -0.137. The van der Waals surface area contributed by atoms with Gasteiger partial charge >= 0.3 is 6.18 Å². The van der Waals surface area contributed by atoms with Crippen LogP contribution in [0, 0.1) is 5.41 Å². The normalized spacial score (nSPS) is 21.4. The molecular formula is C33H45F5N2O2Si. The van der Waals surface area contributed by atoms with Crippen LogP contribution in [0.25, 0.3) is 5.57 Å². The molecule has 238 valence electrons. The molecule has 0 radical (unpaired) electrons. The van der Waals surface area contributed by atoms with Gasteiger partial charge in [-0.25, -0.2) is 8.78 Å². The fourth-order valence-electron chi connectivity index (χ4n) is 5.89. The third kappa shape index (κ3) is 7.06. The molecular weight excluding hydrogens is 579 g/mol. The molecule has 10 heteroatoms. The summed E-state index contributed by atoms with van der Waals surface area (Å²) in [6.45, 7) is 19.0. The molecule has 0 unspecified atom stereocenters. The van der Waals surface area contributed by atoms with E-state index in [0.717, 1.165) is 17.3 Å². The molecule has 0 saturated heterocycles. The maximum atomic E-state index is 14.4. The van der Waals surface area contributed by atoms with Crippen LogP contribution in [0.5, 0.6) is 0 Å². The average Bonchev–Trinajstić information content (AvgIpc) is 2.85. The van der Waals surface area contributed by atoms with Crippen molar-refractivity contribution in [1.29, 1.82) is 0 Å². The number of halogens is 5. The fourth-order valence-corrected chi connectivity index (χ4v) is 7.16. The summed E-state index contributed by atoms with van der Waals surface area (Å²) in [5.74, 6) is -3.00. The zero-order valence-corrected chi connectivity index (χ0v) is 27.7. The Morgan fingerprint density at radius 2 is 1.74 bits per heavy atom. The molecule has 2 aliphatic carbocycles. The van der Waals surface area contributed by atoms with Gasteiger partial charge in [0.15, 0.2) is 8.32 Å². The first-order valence-electron chi connectivity index (χ1n) is 15.1. The highest BCUT2D eigenvalue weighted by molar-refractivity contribution is 6.74. The van der Waals surface area contributed by atoms with Gasteiger partial charge in [0.25, 0.3) is 5.92 Å². The van der Waals surface area contributed by atoms with Crippen molar-refractivity contribution in [3.8, 4) is 0 Å². The summed E-state index contributed by atoms with van der Waals surface area (Å²) in [7, 11) is -2.34. The number of hydrogen-bond acceptors (Lipinski definition) is 4. The molecule has 2 aliphatic rings. The van der Waals surface area contributed by atoms with E-state index >= 15 is 0 Å². The molecule has 4 nitrogen and oxygen atoms in total. The van der Waals surface area contributed by atoms with Gasteiger partial charge < -0.3 is 9.53 Å². The van der Waals surface area contributed by atoms with E-state index in [1.54, 1.807) is 6.08 Å². The first-order valence-corrected chi connectivity index (χ1v) is 18.0. The zero-order valence-electron chi connectivity index (χ0n) is 26.7. The summed E-state index contributed by atoms with van der Waals surface area (Å²) in [6, 6.07) is 2.08. The van der Waals surface area contributed by atoms with E-state index in [1.165, 1.54) is 6.07 Å². The Balaban J connectivity index is 2.03. The SMILES string of the molecule is CC(C)c1nc2c(c(C3=CCC(F)(F)CC3)c1[C@H](O)c1ccc(C(F)(F)F)cn1)[C@@H](O[Si](C)(C)C(C)(C)C)CC(C)(C)C2. The number of fused-ring (bicyclic) bond motifs is 1. The number of hydrogen-bond donors (Lipinski definition) is 1. The van der Waals surface area contributed by atoms with Gasteiger partial charge in [0.05, 0.1) is 23.1 Å². The van der Waals surface area contributed by atoms with Crippen LogP contribution in [0.4, 0.5) is 22.0 Å². The predicted molar refractivity (Wildman–Crippen MR) is 162 cm³/mol. The number of aliphatic hydroxyl groups excluding tert-OH is 1. The molecule has 4 rings (SSSR count). The van der Waals surface area contributed by atoms with E-state index in [2.05, 4.69) is 52.7 Å². The van der Waals surface area contributed by atoms with Crippen LogP contribution in [0.3, 0.4) is 0 Å². The van der Waals surface area contributed by atoms with Crippen molar-refractivity contribution in [2.75, 3.05) is 0 Å². The molecule has 2 atom stereocenters. The molecule has 0 saturated carbocycles. The lowest BCUT2D eigenvalue weighted by Crippen LogP contribution is -2.44. The number of pyridine rings is 2. The second kappa shape index (κ2) is 11.3. The molecule has 0 amide bonds. The van der Waals surface area contributed by atoms with Gasteiger partial charge in [-0.1, -0.05) is 54.5 Å². The Hall–Kier alpha value is -2.17. The highest BCUT2D eigenvalue weighted by Gasteiger charge is 2.46. The van der Waals surface area contributed by atoms with Gasteiger partial charge in [0.1, 0.15) is 6.10 Å². The molecule has 0 spiro atoms. The number of aromatic nitrogens is 2. The Bertz CT molecular complexity index is 1380. The van der Waals surface area contributed by atoms with E-state index in [0.29, 0.717) is 41.4 Å². The van der Waals surface area contributed by atoms with Crippen molar-refractivity contribution in [3.63, 3.8) is 0 Å². The molecule has 0 aromatic carbocycles. The zero-order chi connectivity index (χ0) is 32.3. The summed E-state index contributed by atoms with van der Waals surface area (Å²) in [6.07, 6.45) is -3.45. The summed E-state index contributed by atoms with van der Waals surface area (Å²) >= 11 is 0. The van der Waals surface area contributed by atoms with Gasteiger partial charge in [-0.3, -0.25) is 9.97 Å². The highest BCUT2D eigenvalue weighted by Crippen LogP contribution is 2.52. The van der Waals surface area contributed by atoms with Crippen LogP contribution < -0.4 is 0 Å². The lowest BCUT2D eigenvalue weighted by atomic mass is 9.70. The van der Waals surface area contributed by atoms with Crippen molar-refractivity contribution in [3.05, 3.63) is 63.7 Å². The third-order valence-electron chi connectivity index (χ3n) is 9.27. The Morgan fingerprint density at radius 1 is 1.09 bits per heavy atom. The van der Waals surface area contributed by atoms with Gasteiger partial charge in [0.2, 0.25) is 0 Å². The molecule has 43 heavy (non-hydrogen) atoms. The molecule has 0 aliphatic heterocycles. The van der Waals surface area contributed by atoms with Crippen LogP contribution in [0.15, 0.2) is 24.4 Å². The number of aliphatic hydroxyl groups is 1. The van der Waals surface area contributed by atoms with Gasteiger partial charge in [0, 0.05) is 35.9 Å². The second-order valence-corrected chi connectivity index (χ2v) is 19.6. The summed E-state index contributed by atoms with van der Waals surface area (Å²) < 4.78 is 75.8. The first-order chi connectivity index (χ1) is 19.5. The minimum atomic E-state index is -4.57. The van der Waals surface area contributed by atoms with Crippen molar-refractivity contribution < 1.29 is 31.5 Å². The second-order valence-electron chi connectivity index (χ2n) is 14.9. The quantitative estimate of drug-likeness (QED) is 0.257. The Kier molecular flexibility index (Phi) is 8.88. The molecule has 0 fully saturated rings. The van der Waals surface area contributed by atoms with Crippen molar-refractivity contribution >= 4 is 13.9 Å². The van der Waals surface area contributed by atoms with E-state index in [1.807, 2.05) is 13.8 Å². The van der Waals surface area contributed by atoms with Crippen molar-refractivity contribution in [1.82, 2.24) is 9.97 Å². The molecule has 0 bridgehead atoms. The lowest BCUT2D eigenvalue weighted by Gasteiger charge is -2.45. The van der Waals surface area contributed by atoms with Crippen LogP contribution in [0.2, 0.25) is 18.1 Å². The topological polar surface area (TPSA) is 55.2 Å². The maximum absolute atomic E-state index is 14.4. The summed E-state index contributed by atoms with van der Waals surface area (Å²) in [5.41, 5.74) is 2.96. The average molecular weight is 625 g/mol. The van der Waals surface area contributed by atoms with Crippen molar-refractivity contribution in [2.45, 2.75) is 129 Å². The highest BCUT2D eigenvalue weighted by atomic mass is 28.4. The van der Waals surface area contributed by atoms with Gasteiger partial charge in [-0.2, -0.15) is 13.2 Å². The predicted octanol–water partition coefficient (Wildman–Crippen LogP) is 9.94. The van der Waals surface area contributed by atoms with E-state index in [9.17, 15) is 27.1 Å². The van der Waals surface area contributed by atoms with Crippen LogP contribution >= 0.6 is 0 Å². The minimum Gasteiger partial charge on any atom is -0.410 e. The Morgan fingerprint density at radius 3 is 2.23 bits per heavy atom. The molecule has 1 N–H and O–H groups in total. The monoisotopic (exact) mass is 624 g/mol. The van der Waals surface area contributed by atoms with E-state index in [-0.39, 0.29) is 34.9 Å². The van der Waals surface area contributed by atoms with E-state index in [4.69, 9.17) is 9.41 Å². The maximum Gasteiger partial charge on any atom is 0.417 e. The minimum absolute atomic E-state index is 0.0395. The number of nitrogens with zero attached hydrogens (tertiary/aromatic N) is 2. The molecule has 2 heterocycles. The van der Waals surface area contributed by atoms with Crippen molar-refractivity contribution in [2.24, 2.45) is 5.41 Å². The first kappa shape index (κ1) is 33.7. The van der Waals surface area contributed by atoms with E-state index < -0.39 is 44.6 Å².